The van der Waals surface area contributed by atoms with E-state index in [1.54, 1.807) is 18.2 Å². The summed E-state index contributed by atoms with van der Waals surface area (Å²) in [5.74, 6) is 0.646. The zero-order valence-electron chi connectivity index (χ0n) is 8.13. The molecule has 1 aromatic carbocycles. The highest BCUT2D eigenvalue weighted by Crippen LogP contribution is 2.25. The molecule has 1 unspecified atom stereocenters. The maximum atomic E-state index is 5.82. The standard InChI is InChI=1S/C10H13Cl2NO/c1-6(13)7(2)14-10-4-8(11)3-9(12)5-10/h3-7H,13H2,1-2H3/t6-,7?/m1/s1. The molecular formula is C10H13Cl2NO. The van der Waals surface area contributed by atoms with Gasteiger partial charge in [-0.15, -0.1) is 0 Å². The lowest BCUT2D eigenvalue weighted by Gasteiger charge is -2.18. The van der Waals surface area contributed by atoms with Crippen molar-refractivity contribution >= 4 is 23.2 Å². The zero-order chi connectivity index (χ0) is 10.7. The smallest absolute Gasteiger partial charge is 0.122 e. The molecule has 0 heterocycles. The monoisotopic (exact) mass is 233 g/mol. The average molecular weight is 234 g/mol. The Hall–Kier alpha value is -0.440. The fourth-order valence-electron chi connectivity index (χ4n) is 0.919. The molecule has 2 nitrogen and oxygen atoms in total. The molecule has 0 amide bonds. The van der Waals surface area contributed by atoms with Gasteiger partial charge in [0.05, 0.1) is 0 Å². The Bertz CT molecular complexity index is 295. The van der Waals surface area contributed by atoms with Crippen molar-refractivity contribution in [3.63, 3.8) is 0 Å². The molecule has 0 aliphatic carbocycles. The molecule has 78 valence electrons. The number of benzene rings is 1. The lowest BCUT2D eigenvalue weighted by atomic mass is 10.2. The molecule has 0 radical (unpaired) electrons. The number of nitrogens with two attached hydrogens (primary N) is 1. The second-order valence-electron chi connectivity index (χ2n) is 3.29. The van der Waals surface area contributed by atoms with E-state index in [-0.39, 0.29) is 12.1 Å². The topological polar surface area (TPSA) is 35.2 Å². The number of halogens is 2. The molecule has 1 rings (SSSR count). The predicted octanol–water partition coefficient (Wildman–Crippen LogP) is 3.11. The van der Waals surface area contributed by atoms with Gasteiger partial charge in [-0.3, -0.25) is 0 Å². The summed E-state index contributed by atoms with van der Waals surface area (Å²) in [5, 5.41) is 1.12. The van der Waals surface area contributed by atoms with Crippen LogP contribution in [0.25, 0.3) is 0 Å². The van der Waals surface area contributed by atoms with Crippen molar-refractivity contribution in [3.8, 4) is 5.75 Å². The van der Waals surface area contributed by atoms with Crippen molar-refractivity contribution in [1.29, 1.82) is 0 Å². The van der Waals surface area contributed by atoms with Crippen molar-refractivity contribution in [1.82, 2.24) is 0 Å². The molecule has 2 N–H and O–H groups in total. The fraction of sp³-hybridized carbons (Fsp3) is 0.400. The maximum absolute atomic E-state index is 5.82. The highest BCUT2D eigenvalue weighted by molar-refractivity contribution is 6.34. The van der Waals surface area contributed by atoms with E-state index in [1.807, 2.05) is 13.8 Å². The number of hydrogen-bond acceptors (Lipinski definition) is 2. The Morgan fingerprint density at radius 2 is 1.64 bits per heavy atom. The van der Waals surface area contributed by atoms with Crippen molar-refractivity contribution in [3.05, 3.63) is 28.2 Å². The van der Waals surface area contributed by atoms with Crippen LogP contribution in [0.2, 0.25) is 10.0 Å². The molecule has 1 aromatic rings. The van der Waals surface area contributed by atoms with Gasteiger partial charge in [-0.05, 0) is 32.0 Å². The summed E-state index contributed by atoms with van der Waals surface area (Å²) in [4.78, 5) is 0. The molecule has 0 aliphatic heterocycles. The molecule has 2 atom stereocenters. The first-order chi connectivity index (χ1) is 6.49. The lowest BCUT2D eigenvalue weighted by Crippen LogP contribution is -2.33. The van der Waals surface area contributed by atoms with E-state index >= 15 is 0 Å². The van der Waals surface area contributed by atoms with E-state index in [1.165, 1.54) is 0 Å². The summed E-state index contributed by atoms with van der Waals surface area (Å²) in [6, 6.07) is 5.05. The first-order valence-corrected chi connectivity index (χ1v) is 5.13. The van der Waals surface area contributed by atoms with Gasteiger partial charge < -0.3 is 10.5 Å². The third kappa shape index (κ3) is 3.37. The molecule has 0 fully saturated rings. The summed E-state index contributed by atoms with van der Waals surface area (Å²) in [5.41, 5.74) is 5.67. The van der Waals surface area contributed by atoms with Crippen molar-refractivity contribution < 1.29 is 4.74 Å². The summed E-state index contributed by atoms with van der Waals surface area (Å²) in [6.07, 6.45) is -0.0652. The van der Waals surface area contributed by atoms with Crippen LogP contribution in [-0.2, 0) is 0 Å². The average Bonchev–Trinajstić information content (AvgIpc) is 2.01. The van der Waals surface area contributed by atoms with Gasteiger partial charge in [0.1, 0.15) is 11.9 Å². The summed E-state index contributed by atoms with van der Waals surface area (Å²) < 4.78 is 5.54. The Labute approximate surface area is 94.0 Å². The Balaban J connectivity index is 2.76. The van der Waals surface area contributed by atoms with Crippen LogP contribution in [0.4, 0.5) is 0 Å². The quantitative estimate of drug-likeness (QED) is 0.871. The van der Waals surface area contributed by atoms with Crippen molar-refractivity contribution in [2.24, 2.45) is 5.73 Å². The molecule has 0 aromatic heterocycles. The van der Waals surface area contributed by atoms with Crippen LogP contribution in [0.5, 0.6) is 5.75 Å². The van der Waals surface area contributed by atoms with Crippen LogP contribution < -0.4 is 10.5 Å². The summed E-state index contributed by atoms with van der Waals surface area (Å²) in [6.45, 7) is 3.79. The minimum Gasteiger partial charge on any atom is -0.489 e. The maximum Gasteiger partial charge on any atom is 0.122 e. The second-order valence-corrected chi connectivity index (χ2v) is 4.16. The normalized spacial score (nSPS) is 14.9. The van der Waals surface area contributed by atoms with E-state index in [4.69, 9.17) is 33.7 Å². The van der Waals surface area contributed by atoms with Crippen LogP contribution in [0, 0.1) is 0 Å². The first-order valence-electron chi connectivity index (χ1n) is 4.37. The number of hydrogen-bond donors (Lipinski definition) is 1. The Morgan fingerprint density at radius 3 is 2.07 bits per heavy atom. The van der Waals surface area contributed by atoms with E-state index in [0.717, 1.165) is 0 Å². The second kappa shape index (κ2) is 4.87. The molecule has 0 aliphatic rings. The van der Waals surface area contributed by atoms with Crippen molar-refractivity contribution in [2.75, 3.05) is 0 Å². The van der Waals surface area contributed by atoms with Gasteiger partial charge in [-0.2, -0.15) is 0 Å². The van der Waals surface area contributed by atoms with E-state index < -0.39 is 0 Å². The van der Waals surface area contributed by atoms with Gasteiger partial charge in [0, 0.05) is 16.1 Å². The fourth-order valence-corrected chi connectivity index (χ4v) is 1.42. The van der Waals surface area contributed by atoms with E-state index in [2.05, 4.69) is 0 Å². The van der Waals surface area contributed by atoms with Crippen LogP contribution >= 0.6 is 23.2 Å². The lowest BCUT2D eigenvalue weighted by molar-refractivity contribution is 0.197. The third-order valence-corrected chi connectivity index (χ3v) is 2.33. The van der Waals surface area contributed by atoms with Gasteiger partial charge in [-0.25, -0.2) is 0 Å². The molecule has 14 heavy (non-hydrogen) atoms. The molecule has 4 heteroatoms. The molecule has 0 spiro atoms. The molecule has 0 saturated heterocycles. The summed E-state index contributed by atoms with van der Waals surface area (Å²) >= 11 is 11.6. The minimum absolute atomic E-state index is 0.0345. The van der Waals surface area contributed by atoms with Gasteiger partial charge in [0.2, 0.25) is 0 Å². The molecule has 0 saturated carbocycles. The number of rotatable bonds is 3. The minimum atomic E-state index is -0.0652. The Morgan fingerprint density at radius 1 is 1.14 bits per heavy atom. The van der Waals surface area contributed by atoms with Crippen LogP contribution in [-0.4, -0.2) is 12.1 Å². The van der Waals surface area contributed by atoms with E-state index in [0.29, 0.717) is 15.8 Å². The van der Waals surface area contributed by atoms with Gasteiger partial charge >= 0.3 is 0 Å². The van der Waals surface area contributed by atoms with Crippen LogP contribution in [0.3, 0.4) is 0 Å². The summed E-state index contributed by atoms with van der Waals surface area (Å²) in [7, 11) is 0. The number of ether oxygens (including phenoxy) is 1. The van der Waals surface area contributed by atoms with Crippen LogP contribution in [0.1, 0.15) is 13.8 Å². The molecular weight excluding hydrogens is 221 g/mol. The third-order valence-electron chi connectivity index (χ3n) is 1.90. The van der Waals surface area contributed by atoms with Crippen molar-refractivity contribution in [2.45, 2.75) is 26.0 Å². The highest BCUT2D eigenvalue weighted by Gasteiger charge is 2.09. The van der Waals surface area contributed by atoms with Gasteiger partial charge in [-0.1, -0.05) is 23.2 Å². The van der Waals surface area contributed by atoms with E-state index in [9.17, 15) is 0 Å². The van der Waals surface area contributed by atoms with Crippen LogP contribution in [0.15, 0.2) is 18.2 Å². The Kier molecular flexibility index (Phi) is 4.05. The van der Waals surface area contributed by atoms with Gasteiger partial charge in [0.15, 0.2) is 0 Å². The zero-order valence-corrected chi connectivity index (χ0v) is 9.64. The largest absolute Gasteiger partial charge is 0.489 e. The first kappa shape index (κ1) is 11.6. The highest BCUT2D eigenvalue weighted by atomic mass is 35.5. The van der Waals surface area contributed by atoms with Gasteiger partial charge in [0.25, 0.3) is 0 Å². The predicted molar refractivity (Wildman–Crippen MR) is 60.2 cm³/mol. The molecule has 0 bridgehead atoms. The SMILES string of the molecule is CC(Oc1cc(Cl)cc(Cl)c1)[C@@H](C)N.